The highest BCUT2D eigenvalue weighted by Gasteiger charge is 2.08. The number of hydrogen-bond acceptors (Lipinski definition) is 3. The molecule has 4 nitrogen and oxygen atoms in total. The van der Waals surface area contributed by atoms with Crippen molar-refractivity contribution in [3.05, 3.63) is 35.2 Å². The quantitative estimate of drug-likeness (QED) is 0.829. The second-order valence-electron chi connectivity index (χ2n) is 4.67. The van der Waals surface area contributed by atoms with Gasteiger partial charge in [0.05, 0.1) is 5.69 Å². The van der Waals surface area contributed by atoms with Crippen molar-refractivity contribution in [1.82, 2.24) is 15.5 Å². The van der Waals surface area contributed by atoms with Crippen LogP contribution in [0.25, 0.3) is 0 Å². The van der Waals surface area contributed by atoms with Gasteiger partial charge in [0.2, 0.25) is 0 Å². The Kier molecular flexibility index (Phi) is 4.45. The van der Waals surface area contributed by atoms with E-state index in [1.54, 1.807) is 12.1 Å². The Morgan fingerprint density at radius 3 is 2.89 bits per heavy atom. The van der Waals surface area contributed by atoms with Gasteiger partial charge in [-0.2, -0.15) is 5.10 Å². The van der Waals surface area contributed by atoms with E-state index in [2.05, 4.69) is 21.6 Å². The number of hydrogen-bond donors (Lipinski definition) is 1. The maximum atomic E-state index is 11.8. The summed E-state index contributed by atoms with van der Waals surface area (Å²) in [5, 5.41) is 10.6. The fourth-order valence-electron chi connectivity index (χ4n) is 2.08. The van der Waals surface area contributed by atoms with Gasteiger partial charge < -0.3 is 5.32 Å². The summed E-state index contributed by atoms with van der Waals surface area (Å²) in [7, 11) is 0. The Bertz CT molecular complexity index is 437. The Hall–Kier alpha value is -1.71. The molecule has 0 saturated carbocycles. The molecule has 0 saturated heterocycles. The number of rotatable bonds is 4. The van der Waals surface area contributed by atoms with Gasteiger partial charge in [-0.3, -0.25) is 4.79 Å². The van der Waals surface area contributed by atoms with Crippen LogP contribution in [0.3, 0.4) is 0 Å². The highest BCUT2D eigenvalue weighted by Crippen LogP contribution is 2.19. The van der Waals surface area contributed by atoms with E-state index in [9.17, 15) is 4.79 Å². The standard InChI is InChI=1S/C14H19N3O/c1-11-7-8-13(17-16-11)14(18)15-10-9-12-5-3-2-4-6-12/h5,7-8H,2-4,6,9-10H2,1H3,(H,15,18). The first-order valence-corrected chi connectivity index (χ1v) is 6.52. The molecule has 1 aliphatic carbocycles. The first-order valence-electron chi connectivity index (χ1n) is 6.52. The smallest absolute Gasteiger partial charge is 0.271 e. The van der Waals surface area contributed by atoms with E-state index in [0.29, 0.717) is 12.2 Å². The van der Waals surface area contributed by atoms with Crippen LogP contribution in [0, 0.1) is 6.92 Å². The van der Waals surface area contributed by atoms with Crippen LogP contribution < -0.4 is 5.32 Å². The summed E-state index contributed by atoms with van der Waals surface area (Å²) in [5.41, 5.74) is 2.67. The summed E-state index contributed by atoms with van der Waals surface area (Å²) < 4.78 is 0. The van der Waals surface area contributed by atoms with Gasteiger partial charge in [-0.05, 0) is 51.2 Å². The Morgan fingerprint density at radius 1 is 1.33 bits per heavy atom. The minimum absolute atomic E-state index is 0.140. The van der Waals surface area contributed by atoms with Gasteiger partial charge in [0.25, 0.3) is 5.91 Å². The van der Waals surface area contributed by atoms with Crippen molar-refractivity contribution in [2.45, 2.75) is 39.0 Å². The largest absolute Gasteiger partial charge is 0.350 e. The first kappa shape index (κ1) is 12.7. The van der Waals surface area contributed by atoms with Crippen molar-refractivity contribution in [1.29, 1.82) is 0 Å². The topological polar surface area (TPSA) is 54.9 Å². The van der Waals surface area contributed by atoms with Crippen LogP contribution in [-0.2, 0) is 0 Å². The molecular weight excluding hydrogens is 226 g/mol. The second-order valence-corrected chi connectivity index (χ2v) is 4.67. The Morgan fingerprint density at radius 2 is 2.22 bits per heavy atom. The minimum Gasteiger partial charge on any atom is -0.350 e. The lowest BCUT2D eigenvalue weighted by molar-refractivity contribution is 0.0948. The number of carbonyl (C=O) groups is 1. The summed E-state index contributed by atoms with van der Waals surface area (Å²) in [6.07, 6.45) is 8.21. The van der Waals surface area contributed by atoms with E-state index in [1.807, 2.05) is 6.92 Å². The minimum atomic E-state index is -0.140. The SMILES string of the molecule is Cc1ccc(C(=O)NCCC2=CCCCC2)nn1. The molecule has 1 amide bonds. The molecule has 1 N–H and O–H groups in total. The van der Waals surface area contributed by atoms with E-state index in [0.717, 1.165) is 12.1 Å². The third kappa shape index (κ3) is 3.65. The molecule has 0 spiro atoms. The highest BCUT2D eigenvalue weighted by atomic mass is 16.1. The maximum Gasteiger partial charge on any atom is 0.271 e. The molecule has 1 heterocycles. The number of carbonyl (C=O) groups excluding carboxylic acids is 1. The molecule has 96 valence electrons. The second kappa shape index (κ2) is 6.28. The van der Waals surface area contributed by atoms with Crippen molar-refractivity contribution < 1.29 is 4.79 Å². The third-order valence-corrected chi connectivity index (χ3v) is 3.15. The van der Waals surface area contributed by atoms with Gasteiger partial charge in [0, 0.05) is 6.54 Å². The van der Waals surface area contributed by atoms with E-state index in [4.69, 9.17) is 0 Å². The predicted molar refractivity (Wildman–Crippen MR) is 70.3 cm³/mol. The zero-order chi connectivity index (χ0) is 12.8. The van der Waals surface area contributed by atoms with Gasteiger partial charge in [0.1, 0.15) is 0 Å². The first-order chi connectivity index (χ1) is 8.75. The summed E-state index contributed by atoms with van der Waals surface area (Å²) in [4.78, 5) is 11.8. The van der Waals surface area contributed by atoms with Gasteiger partial charge in [-0.15, -0.1) is 5.10 Å². The van der Waals surface area contributed by atoms with Crippen LogP contribution in [-0.4, -0.2) is 22.6 Å². The summed E-state index contributed by atoms with van der Waals surface area (Å²) in [6, 6.07) is 3.50. The Labute approximate surface area is 108 Å². The van der Waals surface area contributed by atoms with E-state index in [1.165, 1.54) is 31.3 Å². The average Bonchev–Trinajstić information content (AvgIpc) is 2.40. The lowest BCUT2D eigenvalue weighted by Gasteiger charge is -2.12. The molecule has 0 bridgehead atoms. The molecule has 2 rings (SSSR count). The molecule has 0 aliphatic heterocycles. The number of amides is 1. The number of aromatic nitrogens is 2. The summed E-state index contributed by atoms with van der Waals surface area (Å²) in [5.74, 6) is -0.140. The number of aryl methyl sites for hydroxylation is 1. The van der Waals surface area contributed by atoms with Crippen LogP contribution in [0.4, 0.5) is 0 Å². The Balaban J connectivity index is 1.78. The van der Waals surface area contributed by atoms with Gasteiger partial charge in [-0.25, -0.2) is 0 Å². The van der Waals surface area contributed by atoms with Crippen molar-refractivity contribution in [3.8, 4) is 0 Å². The van der Waals surface area contributed by atoms with Crippen LogP contribution >= 0.6 is 0 Å². The summed E-state index contributed by atoms with van der Waals surface area (Å²) >= 11 is 0. The van der Waals surface area contributed by atoms with Crippen molar-refractivity contribution in [2.24, 2.45) is 0 Å². The van der Waals surface area contributed by atoms with Crippen molar-refractivity contribution in [2.75, 3.05) is 6.54 Å². The van der Waals surface area contributed by atoms with Gasteiger partial charge in [-0.1, -0.05) is 11.6 Å². The zero-order valence-corrected chi connectivity index (χ0v) is 10.8. The van der Waals surface area contributed by atoms with E-state index in [-0.39, 0.29) is 5.91 Å². The molecule has 0 radical (unpaired) electrons. The lowest BCUT2D eigenvalue weighted by atomic mass is 9.97. The average molecular weight is 245 g/mol. The molecule has 1 aromatic heterocycles. The maximum absolute atomic E-state index is 11.8. The van der Waals surface area contributed by atoms with Gasteiger partial charge in [0.15, 0.2) is 5.69 Å². The third-order valence-electron chi connectivity index (χ3n) is 3.15. The molecule has 0 unspecified atom stereocenters. The number of allylic oxidation sites excluding steroid dienone is 1. The predicted octanol–water partition coefficient (Wildman–Crippen LogP) is 2.41. The zero-order valence-electron chi connectivity index (χ0n) is 10.8. The number of nitrogens with zero attached hydrogens (tertiary/aromatic N) is 2. The number of nitrogens with one attached hydrogen (secondary N) is 1. The molecule has 18 heavy (non-hydrogen) atoms. The van der Waals surface area contributed by atoms with Gasteiger partial charge >= 0.3 is 0 Å². The molecule has 0 fully saturated rings. The molecule has 1 aromatic rings. The molecule has 4 heteroatoms. The van der Waals surface area contributed by atoms with Crippen LogP contribution in [0.15, 0.2) is 23.8 Å². The molecular formula is C14H19N3O. The fraction of sp³-hybridized carbons (Fsp3) is 0.500. The normalized spacial score (nSPS) is 15.1. The molecule has 0 atom stereocenters. The molecule has 0 aromatic carbocycles. The monoisotopic (exact) mass is 245 g/mol. The van der Waals surface area contributed by atoms with Crippen LogP contribution in [0.1, 0.15) is 48.3 Å². The van der Waals surface area contributed by atoms with Crippen LogP contribution in [0.2, 0.25) is 0 Å². The highest BCUT2D eigenvalue weighted by molar-refractivity contribution is 5.91. The van der Waals surface area contributed by atoms with E-state index < -0.39 is 0 Å². The lowest BCUT2D eigenvalue weighted by Crippen LogP contribution is -2.26. The summed E-state index contributed by atoms with van der Waals surface area (Å²) in [6.45, 7) is 2.53. The molecule has 1 aliphatic rings. The van der Waals surface area contributed by atoms with Crippen LogP contribution in [0.5, 0.6) is 0 Å². The fourth-order valence-corrected chi connectivity index (χ4v) is 2.08. The van der Waals surface area contributed by atoms with Crippen molar-refractivity contribution in [3.63, 3.8) is 0 Å². The van der Waals surface area contributed by atoms with Crippen molar-refractivity contribution >= 4 is 5.91 Å². The van der Waals surface area contributed by atoms with E-state index >= 15 is 0 Å².